The fourth-order valence-corrected chi connectivity index (χ4v) is 7.38. The maximum atomic E-state index is 14.2. The summed E-state index contributed by atoms with van der Waals surface area (Å²) in [6, 6.07) is 18.5. The van der Waals surface area contributed by atoms with Gasteiger partial charge in [0.2, 0.25) is 0 Å². The van der Waals surface area contributed by atoms with Gasteiger partial charge in [0.05, 0.1) is 12.7 Å². The van der Waals surface area contributed by atoms with Crippen LogP contribution in [0.2, 0.25) is 0 Å². The number of unbranched alkanes of at least 4 members (excludes halogenated alkanes) is 1. The molecule has 0 amide bonds. The van der Waals surface area contributed by atoms with Crippen molar-refractivity contribution in [3.8, 4) is 16.9 Å². The molecular weight excluding hydrogens is 613 g/mol. The first kappa shape index (κ1) is 34.2. The number of halogens is 3. The first-order valence-corrected chi connectivity index (χ1v) is 17.3. The van der Waals surface area contributed by atoms with Crippen molar-refractivity contribution in [2.75, 3.05) is 46.4 Å². The van der Waals surface area contributed by atoms with Crippen LogP contribution in [-0.4, -0.2) is 66.5 Å². The van der Waals surface area contributed by atoms with Gasteiger partial charge < -0.3 is 14.6 Å². The first-order valence-electron chi connectivity index (χ1n) is 17.3. The summed E-state index contributed by atoms with van der Waals surface area (Å²) >= 11 is 0. The van der Waals surface area contributed by atoms with E-state index in [0.29, 0.717) is 24.3 Å². The van der Waals surface area contributed by atoms with Gasteiger partial charge in [-0.1, -0.05) is 30.3 Å². The van der Waals surface area contributed by atoms with Crippen LogP contribution in [0.4, 0.5) is 13.2 Å². The van der Waals surface area contributed by atoms with Crippen LogP contribution in [-0.2, 0) is 30.6 Å². The lowest BCUT2D eigenvalue weighted by atomic mass is 9.92. The number of fused-ring (bicyclic) bond motifs is 1. The van der Waals surface area contributed by atoms with Crippen LogP contribution in [0.15, 0.2) is 66.9 Å². The van der Waals surface area contributed by atoms with Crippen LogP contribution in [0.3, 0.4) is 0 Å². The second-order valence-electron chi connectivity index (χ2n) is 13.5. The molecule has 0 bridgehead atoms. The predicted molar refractivity (Wildman–Crippen MR) is 185 cm³/mol. The Bertz CT molecular complexity index is 1700. The van der Waals surface area contributed by atoms with E-state index < -0.39 is 11.7 Å². The van der Waals surface area contributed by atoms with Crippen molar-refractivity contribution in [3.05, 3.63) is 89.1 Å². The Kier molecular flexibility index (Phi) is 10.9. The van der Waals surface area contributed by atoms with Gasteiger partial charge in [0.25, 0.3) is 0 Å². The first-order chi connectivity index (χ1) is 23.2. The van der Waals surface area contributed by atoms with Gasteiger partial charge in [0.15, 0.2) is 0 Å². The third-order valence-corrected chi connectivity index (χ3v) is 9.92. The van der Waals surface area contributed by atoms with Gasteiger partial charge in [-0.3, -0.25) is 14.6 Å². The maximum Gasteiger partial charge on any atom is 0.417 e. The zero-order valence-corrected chi connectivity index (χ0v) is 28.1. The van der Waals surface area contributed by atoms with Crippen molar-refractivity contribution in [2.45, 2.75) is 64.8 Å². The molecule has 0 aliphatic carbocycles. The number of ketones is 1. The minimum atomic E-state index is -4.46. The number of aromatic nitrogens is 1. The summed E-state index contributed by atoms with van der Waals surface area (Å²) in [5, 5.41) is 4.15. The van der Waals surface area contributed by atoms with Crippen LogP contribution in [0.5, 0.6) is 5.75 Å². The second-order valence-corrected chi connectivity index (χ2v) is 13.5. The summed E-state index contributed by atoms with van der Waals surface area (Å²) in [5.74, 6) is 1.31. The number of methoxy groups -OCH3 is 1. The highest BCUT2D eigenvalue weighted by atomic mass is 19.4. The number of aryl methyl sites for hydroxylation is 2. The van der Waals surface area contributed by atoms with Crippen LogP contribution >= 0.6 is 0 Å². The van der Waals surface area contributed by atoms with Crippen molar-refractivity contribution < 1.29 is 22.7 Å². The van der Waals surface area contributed by atoms with E-state index in [1.807, 2.05) is 12.3 Å². The SMILES string of the molecule is COc1cc(C)cc(CN2CCN(Cc3ccc4c(c3)c(-c3ccccc3C(F)(F)F)cn4CCCCC(=O)C3CCCNC3)CC2)c1. The van der Waals surface area contributed by atoms with E-state index in [4.69, 9.17) is 4.74 Å². The number of ether oxygens (including phenoxy) is 1. The van der Waals surface area contributed by atoms with Crippen LogP contribution in [0.1, 0.15) is 54.4 Å². The minimum absolute atomic E-state index is 0.107. The Hall–Kier alpha value is -3.66. The normalized spacial score (nSPS) is 18.0. The van der Waals surface area contributed by atoms with Crippen LogP contribution in [0, 0.1) is 12.8 Å². The number of carbonyl (C=O) groups is 1. The zero-order chi connectivity index (χ0) is 33.7. The van der Waals surface area contributed by atoms with Gasteiger partial charge in [0.1, 0.15) is 11.5 Å². The van der Waals surface area contributed by atoms with Gasteiger partial charge >= 0.3 is 6.18 Å². The number of rotatable bonds is 12. The molecule has 6 rings (SSSR count). The molecule has 2 saturated heterocycles. The largest absolute Gasteiger partial charge is 0.497 e. The summed E-state index contributed by atoms with van der Waals surface area (Å²) in [7, 11) is 1.70. The molecule has 48 heavy (non-hydrogen) atoms. The molecule has 6 nitrogen and oxygen atoms in total. The van der Waals surface area contributed by atoms with Crippen molar-refractivity contribution in [3.63, 3.8) is 0 Å². The number of piperazine rings is 1. The van der Waals surface area contributed by atoms with E-state index in [9.17, 15) is 18.0 Å². The van der Waals surface area contributed by atoms with Gasteiger partial charge in [-0.25, -0.2) is 0 Å². The lowest BCUT2D eigenvalue weighted by Gasteiger charge is -2.34. The summed E-state index contributed by atoms with van der Waals surface area (Å²) < 4.78 is 50.1. The molecule has 2 fully saturated rings. The molecule has 4 aromatic rings. The lowest BCUT2D eigenvalue weighted by Crippen LogP contribution is -2.45. The van der Waals surface area contributed by atoms with Crippen molar-refractivity contribution in [1.29, 1.82) is 0 Å². The van der Waals surface area contributed by atoms with Crippen molar-refractivity contribution in [1.82, 2.24) is 19.7 Å². The smallest absolute Gasteiger partial charge is 0.417 e. The number of alkyl halides is 3. The van der Waals surface area contributed by atoms with Gasteiger partial charge in [-0.2, -0.15) is 13.2 Å². The number of benzene rings is 3. The highest BCUT2D eigenvalue weighted by Crippen LogP contribution is 2.40. The Labute approximate surface area is 281 Å². The molecule has 2 aliphatic heterocycles. The van der Waals surface area contributed by atoms with E-state index in [1.165, 1.54) is 23.3 Å². The van der Waals surface area contributed by atoms with E-state index in [1.54, 1.807) is 19.2 Å². The number of carbonyl (C=O) groups excluding carboxylic acids is 1. The average Bonchev–Trinajstić information content (AvgIpc) is 3.44. The highest BCUT2D eigenvalue weighted by molar-refractivity contribution is 5.97. The average molecular weight is 661 g/mol. The molecule has 1 N–H and O–H groups in total. The van der Waals surface area contributed by atoms with E-state index >= 15 is 0 Å². The fraction of sp³-hybridized carbons (Fsp3) is 0.462. The van der Waals surface area contributed by atoms with Gasteiger partial charge in [-0.05, 0) is 91.7 Å². The topological polar surface area (TPSA) is 49.7 Å². The Morgan fingerprint density at radius 3 is 2.38 bits per heavy atom. The minimum Gasteiger partial charge on any atom is -0.497 e. The summed E-state index contributed by atoms with van der Waals surface area (Å²) in [4.78, 5) is 17.6. The standard InChI is InChI=1S/C39H47F3N4O2/c1-28-20-30(22-32(21-28)48-2)26-45-18-16-44(17-19-45)25-29-12-13-37-34(23-29)35(33-9-3-4-10-36(33)39(40,41)42)27-46(37)15-6-5-11-38(47)31-8-7-14-43-24-31/h3-4,9-10,12-13,20-23,27,31,43H,5-8,11,14-19,24-26H2,1-2H3. The van der Waals surface area contributed by atoms with Crippen LogP contribution < -0.4 is 10.1 Å². The Morgan fingerprint density at radius 1 is 0.917 bits per heavy atom. The molecule has 0 saturated carbocycles. The van der Waals surface area contributed by atoms with Crippen LogP contribution in [0.25, 0.3) is 22.0 Å². The molecule has 3 aromatic carbocycles. The Morgan fingerprint density at radius 2 is 1.67 bits per heavy atom. The third kappa shape index (κ3) is 8.31. The molecule has 2 aliphatic rings. The molecule has 3 heterocycles. The molecule has 256 valence electrons. The predicted octanol–water partition coefficient (Wildman–Crippen LogP) is 7.70. The lowest BCUT2D eigenvalue weighted by molar-refractivity contribution is -0.137. The summed E-state index contributed by atoms with van der Waals surface area (Å²) in [5.41, 5.74) is 4.63. The second kappa shape index (κ2) is 15.3. The Balaban J connectivity index is 1.16. The fourth-order valence-electron chi connectivity index (χ4n) is 7.38. The third-order valence-electron chi connectivity index (χ3n) is 9.92. The van der Waals surface area contributed by atoms with Gasteiger partial charge in [-0.15, -0.1) is 0 Å². The van der Waals surface area contributed by atoms with Crippen molar-refractivity contribution >= 4 is 16.7 Å². The molecular formula is C39H47F3N4O2. The number of piperidine rings is 1. The van der Waals surface area contributed by atoms with Gasteiger partial charge in [0, 0.05) is 87.4 Å². The van der Waals surface area contributed by atoms with E-state index in [-0.39, 0.29) is 11.5 Å². The summed E-state index contributed by atoms with van der Waals surface area (Å²) in [6.07, 6.45) is 1.52. The molecule has 1 aromatic heterocycles. The quantitative estimate of drug-likeness (QED) is 0.158. The number of nitrogens with one attached hydrogen (secondary N) is 1. The number of hydrogen-bond acceptors (Lipinski definition) is 5. The number of Topliss-reactive ketones (excluding diaryl/α,β-unsaturated/α-hetero) is 1. The van der Waals surface area contributed by atoms with E-state index in [0.717, 1.165) is 100 Å². The highest BCUT2D eigenvalue weighted by Gasteiger charge is 2.34. The molecule has 1 unspecified atom stereocenters. The monoisotopic (exact) mass is 660 g/mol. The zero-order valence-electron chi connectivity index (χ0n) is 28.1. The number of nitrogens with zero attached hydrogens (tertiary/aromatic N) is 3. The van der Waals surface area contributed by atoms with Crippen molar-refractivity contribution in [2.24, 2.45) is 5.92 Å². The maximum absolute atomic E-state index is 14.2. The molecule has 0 radical (unpaired) electrons. The molecule has 1 atom stereocenters. The molecule has 9 heteroatoms. The number of hydrogen-bond donors (Lipinski definition) is 1. The molecule has 0 spiro atoms. The van der Waals surface area contributed by atoms with E-state index in [2.05, 4.69) is 56.9 Å². The summed E-state index contributed by atoms with van der Waals surface area (Å²) in [6.45, 7) is 9.82.